The van der Waals surface area contributed by atoms with E-state index in [-0.39, 0.29) is 11.9 Å². The predicted molar refractivity (Wildman–Crippen MR) is 126 cm³/mol. The van der Waals surface area contributed by atoms with E-state index in [4.69, 9.17) is 4.74 Å². The fourth-order valence-electron chi connectivity index (χ4n) is 6.23. The number of fused-ring (bicyclic) bond motifs is 1. The van der Waals surface area contributed by atoms with E-state index in [0.29, 0.717) is 12.0 Å². The van der Waals surface area contributed by atoms with Gasteiger partial charge in [-0.2, -0.15) is 0 Å². The van der Waals surface area contributed by atoms with Crippen LogP contribution in [-0.2, 0) is 17.7 Å². The van der Waals surface area contributed by atoms with E-state index in [2.05, 4.69) is 52.1 Å². The maximum atomic E-state index is 14.0. The lowest BCUT2D eigenvalue weighted by molar-refractivity contribution is 0.155. The van der Waals surface area contributed by atoms with Crippen molar-refractivity contribution in [1.29, 1.82) is 0 Å². The molecule has 0 bridgehead atoms. The van der Waals surface area contributed by atoms with Gasteiger partial charge in [0.15, 0.2) is 0 Å². The van der Waals surface area contributed by atoms with E-state index >= 15 is 0 Å². The smallest absolute Gasteiger partial charge is 0.125 e. The van der Waals surface area contributed by atoms with Gasteiger partial charge in [-0.05, 0) is 83.9 Å². The summed E-state index contributed by atoms with van der Waals surface area (Å²) in [6.45, 7) is 3.86. The monoisotopic (exact) mass is 426 g/mol. The first kappa shape index (κ1) is 18.8. The van der Waals surface area contributed by atoms with E-state index in [0.717, 1.165) is 51.0 Å². The lowest BCUT2D eigenvalue weighted by atomic mass is 9.88. The highest BCUT2D eigenvalue weighted by atomic mass is 19.1. The lowest BCUT2D eigenvalue weighted by Gasteiger charge is -2.36. The first-order chi connectivity index (χ1) is 15.7. The zero-order chi connectivity index (χ0) is 21.2. The summed E-state index contributed by atoms with van der Waals surface area (Å²) in [6.07, 6.45) is 5.99. The molecule has 2 aliphatic heterocycles. The van der Waals surface area contributed by atoms with Crippen LogP contribution in [0.5, 0.6) is 0 Å². The molecule has 3 heterocycles. The molecule has 3 aromatic carbocycles. The van der Waals surface area contributed by atoms with Crippen LogP contribution in [0.1, 0.15) is 41.5 Å². The Kier molecular flexibility index (Phi) is 4.21. The van der Waals surface area contributed by atoms with Crippen LogP contribution in [-0.4, -0.2) is 35.3 Å². The fourth-order valence-corrected chi connectivity index (χ4v) is 6.23. The SMILES string of the molecule is Fc1ccc2c(C3CCN(C4Cc5cccc6cccc4c56)CC3)cn(CC3CO3)c2c1. The first-order valence-corrected chi connectivity index (χ1v) is 11.9. The Hall–Kier alpha value is -2.69. The van der Waals surface area contributed by atoms with Crippen molar-refractivity contribution in [3.05, 3.63) is 83.3 Å². The normalized spacial score (nSPS) is 23.4. The van der Waals surface area contributed by atoms with Gasteiger partial charge in [0.25, 0.3) is 0 Å². The average Bonchev–Trinajstić information content (AvgIpc) is 3.46. The maximum absolute atomic E-state index is 14.0. The second-order valence-corrected chi connectivity index (χ2v) is 9.75. The molecule has 0 N–H and O–H groups in total. The molecular weight excluding hydrogens is 399 g/mol. The summed E-state index contributed by atoms with van der Waals surface area (Å²) in [5.74, 6) is 0.366. The van der Waals surface area contributed by atoms with E-state index in [1.165, 1.54) is 32.8 Å². The van der Waals surface area contributed by atoms with Gasteiger partial charge in [-0.1, -0.05) is 36.4 Å². The van der Waals surface area contributed by atoms with Crippen LogP contribution >= 0.6 is 0 Å². The lowest BCUT2D eigenvalue weighted by Crippen LogP contribution is -2.36. The largest absolute Gasteiger partial charge is 0.371 e. The number of nitrogens with zero attached hydrogens (tertiary/aromatic N) is 2. The zero-order valence-electron chi connectivity index (χ0n) is 18.1. The topological polar surface area (TPSA) is 20.7 Å². The molecule has 0 amide bonds. The number of rotatable bonds is 4. The Balaban J connectivity index is 1.15. The van der Waals surface area contributed by atoms with Crippen molar-refractivity contribution in [3.63, 3.8) is 0 Å². The zero-order valence-corrected chi connectivity index (χ0v) is 18.1. The van der Waals surface area contributed by atoms with E-state index in [9.17, 15) is 4.39 Å². The molecule has 1 aliphatic carbocycles. The van der Waals surface area contributed by atoms with E-state index in [1.54, 1.807) is 12.1 Å². The summed E-state index contributed by atoms with van der Waals surface area (Å²) < 4.78 is 21.7. The Labute approximate surface area is 187 Å². The number of epoxide rings is 1. The van der Waals surface area contributed by atoms with Crippen molar-refractivity contribution >= 4 is 21.7 Å². The highest BCUT2D eigenvalue weighted by Crippen LogP contribution is 2.43. The number of ether oxygens (including phenoxy) is 1. The third-order valence-corrected chi connectivity index (χ3v) is 7.88. The number of hydrogen-bond donors (Lipinski definition) is 0. The Morgan fingerprint density at radius 2 is 1.78 bits per heavy atom. The van der Waals surface area contributed by atoms with Gasteiger partial charge in [0.2, 0.25) is 0 Å². The summed E-state index contributed by atoms with van der Waals surface area (Å²) in [5.41, 5.74) is 5.40. The minimum Gasteiger partial charge on any atom is -0.371 e. The van der Waals surface area contributed by atoms with Crippen LogP contribution < -0.4 is 0 Å². The summed E-state index contributed by atoms with van der Waals surface area (Å²) in [6, 6.07) is 19.3. The van der Waals surface area contributed by atoms with Crippen molar-refractivity contribution in [1.82, 2.24) is 9.47 Å². The number of benzene rings is 3. The molecule has 162 valence electrons. The standard InChI is InChI=1S/C28H27FN2O/c29-21-7-8-23-25(16-31(27(23)14-21)15-22-17-32-22)18-9-11-30(12-10-18)26-13-20-5-1-3-19-4-2-6-24(26)28(19)20/h1-8,14,16,18,22,26H,9-13,15,17H2. The van der Waals surface area contributed by atoms with Gasteiger partial charge in [-0.15, -0.1) is 0 Å². The quantitative estimate of drug-likeness (QED) is 0.384. The van der Waals surface area contributed by atoms with E-state index in [1.807, 2.05) is 6.07 Å². The van der Waals surface area contributed by atoms with Gasteiger partial charge < -0.3 is 9.30 Å². The second-order valence-electron chi connectivity index (χ2n) is 9.75. The Morgan fingerprint density at radius 1 is 0.969 bits per heavy atom. The molecule has 3 aliphatic rings. The van der Waals surface area contributed by atoms with Gasteiger partial charge >= 0.3 is 0 Å². The van der Waals surface area contributed by atoms with Crippen molar-refractivity contribution in [3.8, 4) is 0 Å². The van der Waals surface area contributed by atoms with Gasteiger partial charge in [0.05, 0.1) is 24.8 Å². The van der Waals surface area contributed by atoms with Gasteiger partial charge in [-0.3, -0.25) is 4.90 Å². The minimum absolute atomic E-state index is 0.162. The third-order valence-electron chi connectivity index (χ3n) is 7.88. The number of hydrogen-bond acceptors (Lipinski definition) is 2. The summed E-state index contributed by atoms with van der Waals surface area (Å²) >= 11 is 0. The second kappa shape index (κ2) is 7.16. The first-order valence-electron chi connectivity index (χ1n) is 11.9. The third kappa shape index (κ3) is 3.01. The molecule has 32 heavy (non-hydrogen) atoms. The molecule has 2 atom stereocenters. The van der Waals surface area contributed by atoms with Crippen LogP contribution in [0.3, 0.4) is 0 Å². The summed E-state index contributed by atoms with van der Waals surface area (Å²) in [5, 5.41) is 4.06. The Morgan fingerprint density at radius 3 is 2.59 bits per heavy atom. The van der Waals surface area contributed by atoms with Crippen LogP contribution in [0.2, 0.25) is 0 Å². The maximum Gasteiger partial charge on any atom is 0.125 e. The van der Waals surface area contributed by atoms with Crippen LogP contribution in [0, 0.1) is 5.82 Å². The van der Waals surface area contributed by atoms with Gasteiger partial charge in [0, 0.05) is 17.6 Å². The summed E-state index contributed by atoms with van der Waals surface area (Å²) in [7, 11) is 0. The van der Waals surface area contributed by atoms with Crippen molar-refractivity contribution in [2.75, 3.05) is 19.7 Å². The predicted octanol–water partition coefficient (Wildman–Crippen LogP) is 5.81. The molecule has 4 aromatic rings. The molecule has 4 heteroatoms. The molecular formula is C28H27FN2O. The Bertz CT molecular complexity index is 1330. The van der Waals surface area contributed by atoms with Crippen LogP contribution in [0.4, 0.5) is 4.39 Å². The molecule has 0 saturated carbocycles. The number of likely N-dealkylation sites (tertiary alicyclic amines) is 1. The molecule has 3 nitrogen and oxygen atoms in total. The van der Waals surface area contributed by atoms with Gasteiger partial charge in [0.1, 0.15) is 5.82 Å². The molecule has 2 unspecified atom stereocenters. The van der Waals surface area contributed by atoms with Crippen molar-refractivity contribution < 1.29 is 9.13 Å². The van der Waals surface area contributed by atoms with Crippen molar-refractivity contribution in [2.45, 2.75) is 43.9 Å². The van der Waals surface area contributed by atoms with Gasteiger partial charge in [-0.25, -0.2) is 4.39 Å². The highest BCUT2D eigenvalue weighted by Gasteiger charge is 2.33. The fraction of sp³-hybridized carbons (Fsp3) is 0.357. The van der Waals surface area contributed by atoms with Crippen molar-refractivity contribution in [2.24, 2.45) is 0 Å². The molecule has 2 fully saturated rings. The molecule has 2 saturated heterocycles. The highest BCUT2D eigenvalue weighted by molar-refractivity contribution is 5.91. The molecule has 7 rings (SSSR count). The number of aromatic nitrogens is 1. The van der Waals surface area contributed by atoms with Crippen LogP contribution in [0.25, 0.3) is 21.7 Å². The number of halogens is 1. The molecule has 0 spiro atoms. The minimum atomic E-state index is -0.162. The van der Waals surface area contributed by atoms with E-state index < -0.39 is 0 Å². The summed E-state index contributed by atoms with van der Waals surface area (Å²) in [4.78, 5) is 2.70. The van der Waals surface area contributed by atoms with Crippen LogP contribution in [0.15, 0.2) is 60.8 Å². The molecule has 0 radical (unpaired) electrons. The number of piperidine rings is 1. The average molecular weight is 427 g/mol. The molecule has 1 aromatic heterocycles.